The smallest absolute Gasteiger partial charge is 0.239 e. The van der Waals surface area contributed by atoms with Crippen LogP contribution in [0.15, 0.2) is 4.99 Å². The van der Waals surface area contributed by atoms with Gasteiger partial charge in [0.25, 0.3) is 0 Å². The number of hydrogen-bond donors (Lipinski definition) is 2. The monoisotopic (exact) mass is 229 g/mol. The highest BCUT2D eigenvalue weighted by atomic mass is 32.2. The lowest BCUT2D eigenvalue weighted by molar-refractivity contribution is -0.119. The van der Waals surface area contributed by atoms with Gasteiger partial charge in [0.15, 0.2) is 5.17 Å². The predicted molar refractivity (Wildman–Crippen MR) is 65.3 cm³/mol. The maximum atomic E-state index is 11.2. The van der Waals surface area contributed by atoms with Crippen LogP contribution in [0.3, 0.4) is 0 Å². The van der Waals surface area contributed by atoms with Crippen molar-refractivity contribution in [2.24, 2.45) is 4.99 Å². The van der Waals surface area contributed by atoms with Gasteiger partial charge in [-0.2, -0.15) is 0 Å². The zero-order chi connectivity index (χ0) is 11.1. The molecule has 1 unspecified atom stereocenters. The number of carbonyl (C=O) groups is 1. The lowest BCUT2D eigenvalue weighted by Crippen LogP contribution is -2.35. The number of nitrogens with zero attached hydrogens (tertiary/aromatic N) is 1. The second-order valence-electron chi connectivity index (χ2n) is 3.48. The van der Waals surface area contributed by atoms with E-state index < -0.39 is 0 Å². The van der Waals surface area contributed by atoms with Crippen molar-refractivity contribution in [1.82, 2.24) is 10.6 Å². The van der Waals surface area contributed by atoms with E-state index >= 15 is 0 Å². The number of aliphatic imine (C=N–C) groups is 1. The van der Waals surface area contributed by atoms with E-state index in [0.717, 1.165) is 11.7 Å². The van der Waals surface area contributed by atoms with Crippen molar-refractivity contribution in [2.45, 2.75) is 31.9 Å². The number of rotatable bonds is 5. The average molecular weight is 229 g/mol. The molecule has 1 heterocycles. The van der Waals surface area contributed by atoms with Crippen molar-refractivity contribution >= 4 is 22.8 Å². The van der Waals surface area contributed by atoms with Crippen LogP contribution in [0.1, 0.15) is 26.7 Å². The van der Waals surface area contributed by atoms with Crippen molar-refractivity contribution in [2.75, 3.05) is 19.6 Å². The molecule has 0 aromatic carbocycles. The van der Waals surface area contributed by atoms with Crippen LogP contribution in [0.2, 0.25) is 0 Å². The molecule has 0 radical (unpaired) electrons. The summed E-state index contributed by atoms with van der Waals surface area (Å²) in [5, 5.41) is 7.32. The van der Waals surface area contributed by atoms with Gasteiger partial charge in [-0.3, -0.25) is 9.79 Å². The number of carbonyl (C=O) groups excluding carboxylic acids is 1. The molecule has 4 nitrogen and oxygen atoms in total. The molecule has 0 spiro atoms. The number of hydrogen-bond acceptors (Lipinski definition) is 4. The molecule has 1 amide bonds. The van der Waals surface area contributed by atoms with Gasteiger partial charge in [0.1, 0.15) is 0 Å². The Balaban J connectivity index is 2.16. The van der Waals surface area contributed by atoms with Crippen molar-refractivity contribution in [3.8, 4) is 0 Å². The predicted octanol–water partition coefficient (Wildman–Crippen LogP) is 0.984. The maximum absolute atomic E-state index is 11.2. The van der Waals surface area contributed by atoms with Crippen molar-refractivity contribution in [3.63, 3.8) is 0 Å². The van der Waals surface area contributed by atoms with E-state index in [2.05, 4.69) is 22.5 Å². The fourth-order valence-corrected chi connectivity index (χ4v) is 2.53. The van der Waals surface area contributed by atoms with Crippen LogP contribution < -0.4 is 10.6 Å². The summed E-state index contributed by atoms with van der Waals surface area (Å²) in [5.41, 5.74) is 0. The SMILES string of the molecule is CCCC1CN=C(NCC(=O)NCC)S1. The molecule has 86 valence electrons. The second-order valence-corrected chi connectivity index (χ2v) is 4.77. The molecular weight excluding hydrogens is 210 g/mol. The fraction of sp³-hybridized carbons (Fsp3) is 0.800. The summed E-state index contributed by atoms with van der Waals surface area (Å²) in [7, 11) is 0. The largest absolute Gasteiger partial charge is 0.356 e. The van der Waals surface area contributed by atoms with Gasteiger partial charge in [0.2, 0.25) is 5.91 Å². The summed E-state index contributed by atoms with van der Waals surface area (Å²) < 4.78 is 0. The van der Waals surface area contributed by atoms with Crippen LogP contribution >= 0.6 is 11.8 Å². The second kappa shape index (κ2) is 6.71. The van der Waals surface area contributed by atoms with Crippen LogP contribution in [0.5, 0.6) is 0 Å². The van der Waals surface area contributed by atoms with Crippen LogP contribution in [0.4, 0.5) is 0 Å². The average Bonchev–Trinajstić information content (AvgIpc) is 2.64. The van der Waals surface area contributed by atoms with E-state index in [0.29, 0.717) is 18.3 Å². The maximum Gasteiger partial charge on any atom is 0.239 e. The lowest BCUT2D eigenvalue weighted by atomic mass is 10.2. The molecule has 0 bridgehead atoms. The van der Waals surface area contributed by atoms with Gasteiger partial charge in [-0.05, 0) is 13.3 Å². The number of thioether (sulfide) groups is 1. The third kappa shape index (κ3) is 4.55. The molecule has 0 fully saturated rings. The van der Waals surface area contributed by atoms with Crippen molar-refractivity contribution in [3.05, 3.63) is 0 Å². The first-order valence-corrected chi connectivity index (χ1v) is 6.35. The van der Waals surface area contributed by atoms with E-state index in [4.69, 9.17) is 0 Å². The third-order valence-electron chi connectivity index (χ3n) is 2.10. The molecule has 5 heteroatoms. The first-order valence-electron chi connectivity index (χ1n) is 5.48. The Morgan fingerprint density at radius 3 is 3.07 bits per heavy atom. The van der Waals surface area contributed by atoms with Crippen LogP contribution in [0, 0.1) is 0 Å². The number of amidine groups is 1. The molecule has 1 atom stereocenters. The zero-order valence-corrected chi connectivity index (χ0v) is 10.2. The minimum absolute atomic E-state index is 0.0275. The van der Waals surface area contributed by atoms with Crippen molar-refractivity contribution < 1.29 is 4.79 Å². The highest BCUT2D eigenvalue weighted by molar-refractivity contribution is 8.14. The number of likely N-dealkylation sites (N-methyl/N-ethyl adjacent to an activating group) is 1. The topological polar surface area (TPSA) is 53.5 Å². The molecule has 0 saturated carbocycles. The van der Waals surface area contributed by atoms with Gasteiger partial charge in [-0.1, -0.05) is 25.1 Å². The molecule has 1 aliphatic rings. The van der Waals surface area contributed by atoms with E-state index in [1.165, 1.54) is 12.8 Å². The first-order chi connectivity index (χ1) is 7.26. The van der Waals surface area contributed by atoms with Gasteiger partial charge in [-0.15, -0.1) is 0 Å². The van der Waals surface area contributed by atoms with Crippen LogP contribution in [0.25, 0.3) is 0 Å². The van der Waals surface area contributed by atoms with E-state index in [1.54, 1.807) is 11.8 Å². The summed E-state index contributed by atoms with van der Waals surface area (Å²) in [6, 6.07) is 0. The highest BCUT2D eigenvalue weighted by Gasteiger charge is 2.18. The molecule has 1 rings (SSSR count). The van der Waals surface area contributed by atoms with Crippen LogP contribution in [-0.2, 0) is 4.79 Å². The van der Waals surface area contributed by atoms with Gasteiger partial charge in [0.05, 0.1) is 13.1 Å². The quantitative estimate of drug-likeness (QED) is 0.739. The van der Waals surface area contributed by atoms with E-state index in [9.17, 15) is 4.79 Å². The standard InChI is InChI=1S/C10H19N3OS/c1-3-5-8-6-12-10(15-8)13-7-9(14)11-4-2/h8H,3-7H2,1-2H3,(H,11,14)(H,12,13). The zero-order valence-electron chi connectivity index (χ0n) is 9.38. The van der Waals surface area contributed by atoms with Crippen molar-refractivity contribution in [1.29, 1.82) is 0 Å². The Morgan fingerprint density at radius 2 is 2.40 bits per heavy atom. The molecule has 0 aromatic heterocycles. The van der Waals surface area contributed by atoms with Gasteiger partial charge in [-0.25, -0.2) is 0 Å². The summed E-state index contributed by atoms with van der Waals surface area (Å²) >= 11 is 1.75. The highest BCUT2D eigenvalue weighted by Crippen LogP contribution is 2.23. The lowest BCUT2D eigenvalue weighted by Gasteiger charge is -2.07. The minimum Gasteiger partial charge on any atom is -0.356 e. The first kappa shape index (κ1) is 12.4. The molecule has 1 aliphatic heterocycles. The molecule has 15 heavy (non-hydrogen) atoms. The molecule has 0 aliphatic carbocycles. The third-order valence-corrected chi connectivity index (χ3v) is 3.32. The molecule has 0 saturated heterocycles. The minimum atomic E-state index is 0.0275. The van der Waals surface area contributed by atoms with E-state index in [-0.39, 0.29) is 5.91 Å². The van der Waals surface area contributed by atoms with Crippen LogP contribution in [-0.4, -0.2) is 36.0 Å². The number of nitrogens with one attached hydrogen (secondary N) is 2. The summed E-state index contributed by atoms with van der Waals surface area (Å²) in [4.78, 5) is 15.5. The summed E-state index contributed by atoms with van der Waals surface area (Å²) in [6.07, 6.45) is 2.39. The Bertz CT molecular complexity index is 243. The Kier molecular flexibility index (Phi) is 5.53. The summed E-state index contributed by atoms with van der Waals surface area (Å²) in [6.45, 7) is 5.99. The van der Waals surface area contributed by atoms with Gasteiger partial charge in [0, 0.05) is 11.8 Å². The normalized spacial score (nSPS) is 19.9. The van der Waals surface area contributed by atoms with Gasteiger partial charge >= 0.3 is 0 Å². The molecule has 2 N–H and O–H groups in total. The fourth-order valence-electron chi connectivity index (χ4n) is 1.40. The Morgan fingerprint density at radius 1 is 1.60 bits per heavy atom. The Labute approximate surface area is 95.3 Å². The Hall–Kier alpha value is -0.710. The molecule has 0 aromatic rings. The van der Waals surface area contributed by atoms with Gasteiger partial charge < -0.3 is 10.6 Å². The van der Waals surface area contributed by atoms with E-state index in [1.807, 2.05) is 6.92 Å². The number of amides is 1. The molecular formula is C10H19N3OS. The summed E-state index contributed by atoms with van der Waals surface area (Å²) in [5.74, 6) is 0.0275.